The largest absolute Gasteiger partial charge is 0.389 e. The minimum absolute atomic E-state index is 0.0888. The molecule has 0 bridgehead atoms. The zero-order valence-electron chi connectivity index (χ0n) is 10.6. The summed E-state index contributed by atoms with van der Waals surface area (Å²) in [5.41, 5.74) is 1.56. The molecule has 7 heteroatoms. The second kappa shape index (κ2) is 6.22. The summed E-state index contributed by atoms with van der Waals surface area (Å²) in [5, 5.41) is 0.565. The molecular formula is C13H13Cl2F3N2. The summed E-state index contributed by atoms with van der Waals surface area (Å²) >= 11 is 11.8. The van der Waals surface area contributed by atoms with Crippen molar-refractivity contribution in [3.63, 3.8) is 0 Å². The van der Waals surface area contributed by atoms with Crippen molar-refractivity contribution >= 4 is 34.2 Å². The van der Waals surface area contributed by atoms with Gasteiger partial charge in [0.15, 0.2) is 0 Å². The van der Waals surface area contributed by atoms with Gasteiger partial charge in [-0.2, -0.15) is 13.2 Å². The Morgan fingerprint density at radius 3 is 2.60 bits per heavy atom. The van der Waals surface area contributed by atoms with E-state index in [2.05, 4.69) is 4.98 Å². The van der Waals surface area contributed by atoms with Gasteiger partial charge in [-0.3, -0.25) is 0 Å². The minimum atomic E-state index is -4.10. The SMILES string of the molecule is FC(F)(F)CCCCn1c(CCl)nc2ccc(Cl)cc21. The summed E-state index contributed by atoms with van der Waals surface area (Å²) in [5.74, 6) is 0.863. The molecule has 0 unspecified atom stereocenters. The Morgan fingerprint density at radius 2 is 1.95 bits per heavy atom. The van der Waals surface area contributed by atoms with Gasteiger partial charge in [0.2, 0.25) is 0 Å². The third-order valence-electron chi connectivity index (χ3n) is 3.00. The van der Waals surface area contributed by atoms with Crippen molar-refractivity contribution in [3.05, 3.63) is 29.0 Å². The molecule has 110 valence electrons. The standard InChI is InChI=1S/C13H13Cl2F3N2/c14-8-12-19-10-4-3-9(15)7-11(10)20(12)6-2-1-5-13(16,17)18/h3-4,7H,1-2,5-6,8H2. The first-order valence-electron chi connectivity index (χ1n) is 6.18. The average molecular weight is 325 g/mol. The number of hydrogen-bond donors (Lipinski definition) is 0. The second-order valence-electron chi connectivity index (χ2n) is 4.52. The lowest BCUT2D eigenvalue weighted by Crippen LogP contribution is -2.08. The molecule has 2 rings (SSSR count). The maximum atomic E-state index is 12.1. The van der Waals surface area contributed by atoms with Gasteiger partial charge in [0.1, 0.15) is 5.82 Å². The summed E-state index contributed by atoms with van der Waals surface area (Å²) in [7, 11) is 0. The Hall–Kier alpha value is -0.940. The average Bonchev–Trinajstić information content (AvgIpc) is 2.71. The fourth-order valence-corrected chi connectivity index (χ4v) is 2.46. The first-order chi connectivity index (χ1) is 9.40. The Labute approximate surface area is 124 Å². The lowest BCUT2D eigenvalue weighted by Gasteiger charge is -2.09. The Bertz CT molecular complexity index is 593. The molecule has 0 radical (unpaired) electrons. The van der Waals surface area contributed by atoms with Crippen LogP contribution >= 0.6 is 23.2 Å². The molecule has 0 amide bonds. The number of rotatable bonds is 5. The van der Waals surface area contributed by atoms with Crippen LogP contribution in [0.5, 0.6) is 0 Å². The van der Waals surface area contributed by atoms with Crippen LogP contribution < -0.4 is 0 Å². The van der Waals surface area contributed by atoms with Crippen molar-refractivity contribution in [1.82, 2.24) is 9.55 Å². The van der Waals surface area contributed by atoms with Gasteiger partial charge in [0.25, 0.3) is 0 Å². The van der Waals surface area contributed by atoms with Gasteiger partial charge in [-0.25, -0.2) is 4.98 Å². The summed E-state index contributed by atoms with van der Waals surface area (Å²) in [6, 6.07) is 5.26. The lowest BCUT2D eigenvalue weighted by molar-refractivity contribution is -0.135. The highest BCUT2D eigenvalue weighted by molar-refractivity contribution is 6.31. The van der Waals surface area contributed by atoms with Crippen molar-refractivity contribution in [3.8, 4) is 0 Å². The minimum Gasteiger partial charge on any atom is -0.327 e. The van der Waals surface area contributed by atoms with E-state index in [0.29, 0.717) is 23.8 Å². The van der Waals surface area contributed by atoms with E-state index in [0.717, 1.165) is 11.0 Å². The number of benzene rings is 1. The van der Waals surface area contributed by atoms with Crippen LogP contribution in [-0.4, -0.2) is 15.7 Å². The molecule has 0 saturated heterocycles. The molecule has 0 saturated carbocycles. The number of aryl methyl sites for hydroxylation is 1. The molecule has 0 aliphatic carbocycles. The highest BCUT2D eigenvalue weighted by Crippen LogP contribution is 2.25. The van der Waals surface area contributed by atoms with Crippen LogP contribution in [-0.2, 0) is 12.4 Å². The number of hydrogen-bond acceptors (Lipinski definition) is 1. The maximum Gasteiger partial charge on any atom is 0.389 e. The molecule has 0 atom stereocenters. The maximum absolute atomic E-state index is 12.1. The number of unbranched alkanes of at least 4 members (excludes halogenated alkanes) is 1. The smallest absolute Gasteiger partial charge is 0.327 e. The van der Waals surface area contributed by atoms with E-state index in [1.807, 2.05) is 4.57 Å². The molecule has 2 nitrogen and oxygen atoms in total. The van der Waals surface area contributed by atoms with E-state index in [4.69, 9.17) is 23.2 Å². The zero-order chi connectivity index (χ0) is 14.8. The monoisotopic (exact) mass is 324 g/mol. The van der Waals surface area contributed by atoms with Crippen LogP contribution in [0.25, 0.3) is 11.0 Å². The molecular weight excluding hydrogens is 312 g/mol. The summed E-state index contributed by atoms with van der Waals surface area (Å²) < 4.78 is 38.2. The predicted molar refractivity (Wildman–Crippen MR) is 74.2 cm³/mol. The quantitative estimate of drug-likeness (QED) is 0.548. The summed E-state index contributed by atoms with van der Waals surface area (Å²) in [6.07, 6.45) is -4.36. The van der Waals surface area contributed by atoms with Gasteiger partial charge in [-0.05, 0) is 31.0 Å². The Balaban J connectivity index is 2.13. The molecule has 1 heterocycles. The van der Waals surface area contributed by atoms with Crippen LogP contribution in [0.3, 0.4) is 0 Å². The van der Waals surface area contributed by atoms with Crippen molar-refractivity contribution in [2.45, 2.75) is 37.9 Å². The van der Waals surface area contributed by atoms with Crippen molar-refractivity contribution < 1.29 is 13.2 Å². The van der Waals surface area contributed by atoms with Gasteiger partial charge in [0, 0.05) is 18.0 Å². The fourth-order valence-electron chi connectivity index (χ4n) is 2.09. The predicted octanol–water partition coefficient (Wildman–Crippen LogP) is 5.16. The van der Waals surface area contributed by atoms with E-state index in [-0.39, 0.29) is 12.3 Å². The van der Waals surface area contributed by atoms with Crippen LogP contribution in [0.15, 0.2) is 18.2 Å². The molecule has 0 fully saturated rings. The van der Waals surface area contributed by atoms with Crippen LogP contribution in [0.2, 0.25) is 5.02 Å². The number of nitrogens with zero attached hydrogens (tertiary/aromatic N) is 2. The van der Waals surface area contributed by atoms with E-state index < -0.39 is 12.6 Å². The third kappa shape index (κ3) is 3.79. The molecule has 0 aliphatic heterocycles. The normalized spacial score (nSPS) is 12.2. The summed E-state index contributed by atoms with van der Waals surface area (Å²) in [4.78, 5) is 4.35. The van der Waals surface area contributed by atoms with Gasteiger partial charge in [-0.15, -0.1) is 11.6 Å². The van der Waals surface area contributed by atoms with Gasteiger partial charge in [-0.1, -0.05) is 11.6 Å². The highest BCUT2D eigenvalue weighted by Gasteiger charge is 2.25. The second-order valence-corrected chi connectivity index (χ2v) is 5.22. The van der Waals surface area contributed by atoms with Crippen LogP contribution in [0.4, 0.5) is 13.2 Å². The van der Waals surface area contributed by atoms with Crippen molar-refractivity contribution in [2.24, 2.45) is 0 Å². The van der Waals surface area contributed by atoms with E-state index in [1.54, 1.807) is 18.2 Å². The van der Waals surface area contributed by atoms with Gasteiger partial charge in [0.05, 0.1) is 16.9 Å². The number of imidazole rings is 1. The molecule has 1 aromatic heterocycles. The summed E-state index contributed by atoms with van der Waals surface area (Å²) in [6.45, 7) is 0.453. The van der Waals surface area contributed by atoms with E-state index >= 15 is 0 Å². The Morgan fingerprint density at radius 1 is 1.20 bits per heavy atom. The lowest BCUT2D eigenvalue weighted by atomic mass is 10.2. The highest BCUT2D eigenvalue weighted by atomic mass is 35.5. The number of aromatic nitrogens is 2. The molecule has 2 aromatic rings. The van der Waals surface area contributed by atoms with Crippen molar-refractivity contribution in [1.29, 1.82) is 0 Å². The first kappa shape index (κ1) is 15.4. The van der Waals surface area contributed by atoms with Crippen molar-refractivity contribution in [2.75, 3.05) is 0 Å². The molecule has 0 spiro atoms. The number of fused-ring (bicyclic) bond motifs is 1. The van der Waals surface area contributed by atoms with Gasteiger partial charge < -0.3 is 4.57 Å². The number of alkyl halides is 4. The van der Waals surface area contributed by atoms with E-state index in [9.17, 15) is 13.2 Å². The first-order valence-corrected chi connectivity index (χ1v) is 7.09. The van der Waals surface area contributed by atoms with Crippen LogP contribution in [0.1, 0.15) is 25.1 Å². The van der Waals surface area contributed by atoms with Crippen LogP contribution in [0, 0.1) is 0 Å². The molecule has 1 aromatic carbocycles. The third-order valence-corrected chi connectivity index (χ3v) is 3.47. The van der Waals surface area contributed by atoms with Gasteiger partial charge >= 0.3 is 6.18 Å². The molecule has 20 heavy (non-hydrogen) atoms. The van der Waals surface area contributed by atoms with E-state index in [1.165, 1.54) is 0 Å². The fraction of sp³-hybridized carbons (Fsp3) is 0.462. The topological polar surface area (TPSA) is 17.8 Å². The zero-order valence-corrected chi connectivity index (χ0v) is 12.1. The number of halogens is 5. The molecule has 0 N–H and O–H groups in total. The Kier molecular flexibility index (Phi) is 4.81. The molecule has 0 aliphatic rings.